The monoisotopic (exact) mass is 275 g/mol. The van der Waals surface area contributed by atoms with Crippen LogP contribution in [0.3, 0.4) is 0 Å². The van der Waals surface area contributed by atoms with Gasteiger partial charge in [0.2, 0.25) is 0 Å². The predicted octanol–water partition coefficient (Wildman–Crippen LogP) is 1.15. The molecule has 1 aromatic carbocycles. The first kappa shape index (κ1) is 13.1. The molecule has 106 valence electrons. The zero-order valence-electron chi connectivity index (χ0n) is 11.1. The number of fused-ring (bicyclic) bond motifs is 1. The van der Waals surface area contributed by atoms with Gasteiger partial charge in [-0.05, 0) is 36.5 Å². The van der Waals surface area contributed by atoms with Gasteiger partial charge in [0.15, 0.2) is 5.54 Å². The summed E-state index contributed by atoms with van der Waals surface area (Å²) >= 11 is 0. The van der Waals surface area contributed by atoms with Gasteiger partial charge in [-0.2, -0.15) is 0 Å². The molecule has 0 saturated carbocycles. The van der Waals surface area contributed by atoms with Crippen LogP contribution in [0.1, 0.15) is 34.3 Å². The van der Waals surface area contributed by atoms with Gasteiger partial charge < -0.3 is 15.2 Å². The molecule has 1 fully saturated rings. The van der Waals surface area contributed by atoms with Crippen molar-refractivity contribution in [1.82, 2.24) is 5.32 Å². The Morgan fingerprint density at radius 1 is 1.30 bits per heavy atom. The molecule has 0 bridgehead atoms. The van der Waals surface area contributed by atoms with Crippen molar-refractivity contribution < 1.29 is 19.4 Å². The lowest BCUT2D eigenvalue weighted by Gasteiger charge is -2.24. The van der Waals surface area contributed by atoms with E-state index in [1.165, 1.54) is 5.56 Å². The minimum atomic E-state index is -1.28. The van der Waals surface area contributed by atoms with Crippen LogP contribution < -0.4 is 5.32 Å². The van der Waals surface area contributed by atoms with Crippen molar-refractivity contribution in [2.45, 2.75) is 31.2 Å². The third-order valence-corrected chi connectivity index (χ3v) is 4.17. The van der Waals surface area contributed by atoms with Crippen LogP contribution in [0.4, 0.5) is 0 Å². The molecule has 2 N–H and O–H groups in total. The first-order chi connectivity index (χ1) is 9.62. The van der Waals surface area contributed by atoms with Gasteiger partial charge in [0, 0.05) is 18.6 Å². The summed E-state index contributed by atoms with van der Waals surface area (Å²) in [7, 11) is 0. The SMILES string of the molecule is O=C(NC1(C(=O)O)CCOC1)c1cccc2c1CCC2. The third kappa shape index (κ3) is 2.08. The molecule has 5 nitrogen and oxygen atoms in total. The number of carboxylic acid groups (broad SMARTS) is 1. The Kier molecular flexibility index (Phi) is 3.22. The predicted molar refractivity (Wildman–Crippen MR) is 71.7 cm³/mol. The maximum Gasteiger partial charge on any atom is 0.331 e. The van der Waals surface area contributed by atoms with Gasteiger partial charge in [0.05, 0.1) is 6.61 Å². The van der Waals surface area contributed by atoms with Crippen LogP contribution in [0.5, 0.6) is 0 Å². The first-order valence-electron chi connectivity index (χ1n) is 6.87. The maximum atomic E-state index is 12.4. The maximum absolute atomic E-state index is 12.4. The summed E-state index contributed by atoms with van der Waals surface area (Å²) in [4.78, 5) is 23.9. The fourth-order valence-corrected chi connectivity index (χ4v) is 3.00. The quantitative estimate of drug-likeness (QED) is 0.867. The molecule has 0 radical (unpaired) electrons. The molecule has 20 heavy (non-hydrogen) atoms. The number of aryl methyl sites for hydroxylation is 1. The summed E-state index contributed by atoms with van der Waals surface area (Å²) in [5.41, 5.74) is 1.58. The Labute approximate surface area is 116 Å². The van der Waals surface area contributed by atoms with Gasteiger partial charge in [-0.25, -0.2) is 4.79 Å². The lowest BCUT2D eigenvalue weighted by Crippen LogP contribution is -2.55. The molecule has 1 aliphatic heterocycles. The lowest BCUT2D eigenvalue weighted by molar-refractivity contribution is -0.144. The van der Waals surface area contributed by atoms with Gasteiger partial charge in [-0.15, -0.1) is 0 Å². The van der Waals surface area contributed by atoms with Crippen molar-refractivity contribution >= 4 is 11.9 Å². The molecule has 0 spiro atoms. The average molecular weight is 275 g/mol. The molecule has 3 rings (SSSR count). The molecule has 1 heterocycles. The molecule has 1 unspecified atom stereocenters. The minimum Gasteiger partial charge on any atom is -0.479 e. The number of hydrogen-bond donors (Lipinski definition) is 2. The number of nitrogens with one attached hydrogen (secondary N) is 1. The summed E-state index contributed by atoms with van der Waals surface area (Å²) in [6, 6.07) is 5.66. The van der Waals surface area contributed by atoms with Crippen molar-refractivity contribution in [2.75, 3.05) is 13.2 Å². The van der Waals surface area contributed by atoms with E-state index in [0.717, 1.165) is 24.8 Å². The van der Waals surface area contributed by atoms with Crippen molar-refractivity contribution in [3.63, 3.8) is 0 Å². The van der Waals surface area contributed by atoms with Gasteiger partial charge in [-0.3, -0.25) is 4.79 Å². The van der Waals surface area contributed by atoms with Crippen molar-refractivity contribution in [1.29, 1.82) is 0 Å². The van der Waals surface area contributed by atoms with E-state index in [1.54, 1.807) is 6.07 Å². The summed E-state index contributed by atoms with van der Waals surface area (Å²) < 4.78 is 5.16. The molecule has 5 heteroatoms. The van der Waals surface area contributed by atoms with E-state index in [9.17, 15) is 14.7 Å². The number of rotatable bonds is 3. The van der Waals surface area contributed by atoms with E-state index in [2.05, 4.69) is 5.32 Å². The van der Waals surface area contributed by atoms with E-state index >= 15 is 0 Å². The molecule has 1 aromatic rings. The second-order valence-electron chi connectivity index (χ2n) is 5.44. The van der Waals surface area contributed by atoms with E-state index in [-0.39, 0.29) is 12.5 Å². The van der Waals surface area contributed by atoms with Gasteiger partial charge in [-0.1, -0.05) is 12.1 Å². The molecule has 1 saturated heterocycles. The summed E-state index contributed by atoms with van der Waals surface area (Å²) in [5, 5.41) is 12.0. The number of benzene rings is 1. The zero-order valence-corrected chi connectivity index (χ0v) is 11.1. The molecule has 0 aromatic heterocycles. The first-order valence-corrected chi connectivity index (χ1v) is 6.87. The highest BCUT2D eigenvalue weighted by Crippen LogP contribution is 2.26. The fraction of sp³-hybridized carbons (Fsp3) is 0.467. The summed E-state index contributed by atoms with van der Waals surface area (Å²) in [6.07, 6.45) is 3.23. The molecule has 2 aliphatic rings. The number of carbonyl (C=O) groups excluding carboxylic acids is 1. The van der Waals surface area contributed by atoms with Crippen LogP contribution >= 0.6 is 0 Å². The smallest absolute Gasteiger partial charge is 0.331 e. The minimum absolute atomic E-state index is 0.0309. The standard InChI is InChI=1S/C15H17NO4/c17-13(16-15(14(18)19)7-8-20-9-15)12-6-2-4-10-3-1-5-11(10)12/h2,4,6H,1,3,5,7-9H2,(H,16,17)(H,18,19). The van der Waals surface area contributed by atoms with Crippen molar-refractivity contribution in [3.8, 4) is 0 Å². The highest BCUT2D eigenvalue weighted by molar-refractivity contribution is 5.99. The largest absolute Gasteiger partial charge is 0.479 e. The van der Waals surface area contributed by atoms with Crippen LogP contribution in [0.15, 0.2) is 18.2 Å². The molecular formula is C15H17NO4. The van der Waals surface area contributed by atoms with Gasteiger partial charge in [0.25, 0.3) is 5.91 Å². The summed E-state index contributed by atoms with van der Waals surface area (Å²) in [5.74, 6) is -1.34. The van der Waals surface area contributed by atoms with Crippen LogP contribution in [0.2, 0.25) is 0 Å². The summed E-state index contributed by atoms with van der Waals surface area (Å²) in [6.45, 7) is 0.391. The average Bonchev–Trinajstić information content (AvgIpc) is 3.06. The van der Waals surface area contributed by atoms with Crippen LogP contribution in [0.25, 0.3) is 0 Å². The Hall–Kier alpha value is -1.88. The molecule has 1 aliphatic carbocycles. The highest BCUT2D eigenvalue weighted by Gasteiger charge is 2.44. The Bertz CT molecular complexity index is 561. The van der Waals surface area contributed by atoms with E-state index < -0.39 is 11.5 Å². The van der Waals surface area contributed by atoms with Crippen molar-refractivity contribution in [3.05, 3.63) is 34.9 Å². The Morgan fingerprint density at radius 3 is 2.85 bits per heavy atom. The molecule has 1 amide bonds. The second-order valence-corrected chi connectivity index (χ2v) is 5.44. The third-order valence-electron chi connectivity index (χ3n) is 4.17. The Morgan fingerprint density at radius 2 is 2.15 bits per heavy atom. The number of hydrogen-bond acceptors (Lipinski definition) is 3. The lowest BCUT2D eigenvalue weighted by atomic mass is 9.96. The number of amides is 1. The normalized spacial score (nSPS) is 24.4. The fourth-order valence-electron chi connectivity index (χ4n) is 3.00. The molecule has 1 atom stereocenters. The topological polar surface area (TPSA) is 75.6 Å². The van der Waals surface area contributed by atoms with E-state index in [4.69, 9.17) is 4.74 Å². The highest BCUT2D eigenvalue weighted by atomic mass is 16.5. The Balaban J connectivity index is 1.87. The van der Waals surface area contributed by atoms with Gasteiger partial charge >= 0.3 is 5.97 Å². The number of ether oxygens (including phenoxy) is 1. The zero-order chi connectivity index (χ0) is 14.2. The van der Waals surface area contributed by atoms with Crippen LogP contribution in [-0.4, -0.2) is 35.7 Å². The van der Waals surface area contributed by atoms with E-state index in [1.807, 2.05) is 12.1 Å². The van der Waals surface area contributed by atoms with Gasteiger partial charge in [0.1, 0.15) is 0 Å². The van der Waals surface area contributed by atoms with Crippen LogP contribution in [0, 0.1) is 0 Å². The van der Waals surface area contributed by atoms with Crippen molar-refractivity contribution in [2.24, 2.45) is 0 Å². The number of aliphatic carboxylic acids is 1. The second kappa shape index (κ2) is 4.90. The van der Waals surface area contributed by atoms with Crippen LogP contribution in [-0.2, 0) is 22.4 Å². The number of carbonyl (C=O) groups is 2. The molecular weight excluding hydrogens is 258 g/mol. The number of carboxylic acids is 1. The van der Waals surface area contributed by atoms with E-state index in [0.29, 0.717) is 18.6 Å².